The zero-order valence-corrected chi connectivity index (χ0v) is 13.2. The number of rotatable bonds is 4. The smallest absolute Gasteiger partial charge is 0.0727 e. The van der Waals surface area contributed by atoms with E-state index in [1.165, 1.54) is 22.5 Å². The van der Waals surface area contributed by atoms with Crippen molar-refractivity contribution in [3.63, 3.8) is 0 Å². The van der Waals surface area contributed by atoms with Gasteiger partial charge >= 0.3 is 0 Å². The molecule has 1 aromatic heterocycles. The number of aromatic nitrogens is 2. The lowest BCUT2D eigenvalue weighted by Gasteiger charge is -2.18. The number of hydrogen-bond acceptors (Lipinski definition) is 2. The summed E-state index contributed by atoms with van der Waals surface area (Å²) in [6, 6.07) is 8.49. The zero-order chi connectivity index (χ0) is 14.8. The molecule has 3 nitrogen and oxygen atoms in total. The standard InChI is InChI=1S/C17H25N3/c1-6-13-9-7-8-10-15(13)18-11-14-12-20(5)19-16(14)17(2,3)4/h7-10,12,18H,6,11H2,1-5H3. The van der Waals surface area contributed by atoms with Gasteiger partial charge in [0.2, 0.25) is 0 Å². The molecule has 0 saturated heterocycles. The fraction of sp³-hybridized carbons (Fsp3) is 0.471. The number of anilines is 1. The van der Waals surface area contributed by atoms with Crippen LogP contribution in [-0.4, -0.2) is 9.78 Å². The van der Waals surface area contributed by atoms with Gasteiger partial charge in [-0.15, -0.1) is 0 Å². The van der Waals surface area contributed by atoms with Gasteiger partial charge in [0, 0.05) is 36.5 Å². The van der Waals surface area contributed by atoms with Gasteiger partial charge in [0.15, 0.2) is 0 Å². The lowest BCUT2D eigenvalue weighted by Crippen LogP contribution is -2.16. The van der Waals surface area contributed by atoms with Crippen molar-refractivity contribution in [1.82, 2.24) is 9.78 Å². The number of benzene rings is 1. The van der Waals surface area contributed by atoms with Crippen molar-refractivity contribution in [3.05, 3.63) is 47.3 Å². The van der Waals surface area contributed by atoms with Crippen LogP contribution in [0.4, 0.5) is 5.69 Å². The molecule has 0 amide bonds. The highest BCUT2D eigenvalue weighted by Crippen LogP contribution is 2.25. The van der Waals surface area contributed by atoms with Gasteiger partial charge in [-0.1, -0.05) is 45.9 Å². The minimum Gasteiger partial charge on any atom is -0.381 e. The van der Waals surface area contributed by atoms with Crippen molar-refractivity contribution >= 4 is 5.69 Å². The quantitative estimate of drug-likeness (QED) is 0.914. The van der Waals surface area contributed by atoms with E-state index in [4.69, 9.17) is 0 Å². The third-order valence-electron chi connectivity index (χ3n) is 3.48. The first-order valence-electron chi connectivity index (χ1n) is 7.26. The Balaban J connectivity index is 2.19. The molecular weight excluding hydrogens is 246 g/mol. The Morgan fingerprint density at radius 1 is 1.15 bits per heavy atom. The second kappa shape index (κ2) is 5.70. The van der Waals surface area contributed by atoms with Crippen LogP contribution in [0.2, 0.25) is 0 Å². The topological polar surface area (TPSA) is 29.9 Å². The molecule has 0 saturated carbocycles. The Bertz CT molecular complexity index is 576. The highest BCUT2D eigenvalue weighted by atomic mass is 15.3. The number of nitrogens with one attached hydrogen (secondary N) is 1. The Labute approximate surface area is 122 Å². The summed E-state index contributed by atoms with van der Waals surface area (Å²) in [7, 11) is 1.98. The lowest BCUT2D eigenvalue weighted by molar-refractivity contribution is 0.549. The van der Waals surface area contributed by atoms with Gasteiger partial charge in [0.25, 0.3) is 0 Å². The van der Waals surface area contributed by atoms with Crippen LogP contribution in [0.3, 0.4) is 0 Å². The number of hydrogen-bond donors (Lipinski definition) is 1. The van der Waals surface area contributed by atoms with Crippen LogP contribution in [0.25, 0.3) is 0 Å². The second-order valence-electron chi connectivity index (χ2n) is 6.29. The van der Waals surface area contributed by atoms with E-state index in [9.17, 15) is 0 Å². The molecule has 0 atom stereocenters. The molecule has 0 aliphatic heterocycles. The van der Waals surface area contributed by atoms with Crippen LogP contribution < -0.4 is 5.32 Å². The predicted molar refractivity (Wildman–Crippen MR) is 85.1 cm³/mol. The fourth-order valence-electron chi connectivity index (χ4n) is 2.49. The molecule has 0 bridgehead atoms. The summed E-state index contributed by atoms with van der Waals surface area (Å²) in [6.07, 6.45) is 3.16. The van der Waals surface area contributed by atoms with Gasteiger partial charge in [-0.05, 0) is 18.1 Å². The van der Waals surface area contributed by atoms with Gasteiger partial charge < -0.3 is 5.32 Å². The largest absolute Gasteiger partial charge is 0.381 e. The molecule has 1 N–H and O–H groups in total. The van der Waals surface area contributed by atoms with E-state index in [0.717, 1.165) is 13.0 Å². The Hall–Kier alpha value is -1.77. The molecule has 0 aliphatic carbocycles. The van der Waals surface area contributed by atoms with Gasteiger partial charge in [0.05, 0.1) is 5.69 Å². The van der Waals surface area contributed by atoms with Crippen LogP contribution in [0.1, 0.15) is 44.5 Å². The van der Waals surface area contributed by atoms with Gasteiger partial charge in [-0.2, -0.15) is 5.10 Å². The summed E-state index contributed by atoms with van der Waals surface area (Å²) in [5.74, 6) is 0. The summed E-state index contributed by atoms with van der Waals surface area (Å²) in [5.41, 5.74) is 5.09. The monoisotopic (exact) mass is 271 g/mol. The molecule has 1 aromatic carbocycles. The molecule has 20 heavy (non-hydrogen) atoms. The van der Waals surface area contributed by atoms with Crippen LogP contribution >= 0.6 is 0 Å². The minimum absolute atomic E-state index is 0.0720. The van der Waals surface area contributed by atoms with Crippen LogP contribution in [0.15, 0.2) is 30.5 Å². The fourth-order valence-corrected chi connectivity index (χ4v) is 2.49. The number of nitrogens with zero attached hydrogens (tertiary/aromatic N) is 2. The summed E-state index contributed by atoms with van der Waals surface area (Å²) in [4.78, 5) is 0. The van der Waals surface area contributed by atoms with E-state index in [1.807, 2.05) is 11.7 Å². The molecule has 0 radical (unpaired) electrons. The molecule has 0 aliphatic rings. The van der Waals surface area contributed by atoms with Crippen molar-refractivity contribution < 1.29 is 0 Å². The lowest BCUT2D eigenvalue weighted by atomic mass is 9.89. The van der Waals surface area contributed by atoms with Crippen LogP contribution in [-0.2, 0) is 25.4 Å². The average molecular weight is 271 g/mol. The third kappa shape index (κ3) is 3.21. The van der Waals surface area contributed by atoms with Crippen molar-refractivity contribution in [3.8, 4) is 0 Å². The van der Waals surface area contributed by atoms with E-state index in [2.05, 4.69) is 68.6 Å². The van der Waals surface area contributed by atoms with Crippen molar-refractivity contribution in [1.29, 1.82) is 0 Å². The van der Waals surface area contributed by atoms with E-state index < -0.39 is 0 Å². The predicted octanol–water partition coefficient (Wildman–Crippen LogP) is 3.89. The molecule has 108 valence electrons. The summed E-state index contributed by atoms with van der Waals surface area (Å²) in [6.45, 7) is 9.62. The van der Waals surface area contributed by atoms with Crippen LogP contribution in [0.5, 0.6) is 0 Å². The molecule has 0 fully saturated rings. The summed E-state index contributed by atoms with van der Waals surface area (Å²) < 4.78 is 1.91. The Morgan fingerprint density at radius 2 is 1.85 bits per heavy atom. The zero-order valence-electron chi connectivity index (χ0n) is 13.2. The summed E-state index contributed by atoms with van der Waals surface area (Å²) >= 11 is 0. The van der Waals surface area contributed by atoms with Crippen LogP contribution in [0, 0.1) is 0 Å². The molecule has 0 unspecified atom stereocenters. The first-order valence-corrected chi connectivity index (χ1v) is 7.26. The van der Waals surface area contributed by atoms with Gasteiger partial charge in [-0.25, -0.2) is 0 Å². The maximum absolute atomic E-state index is 4.61. The molecule has 2 rings (SSSR count). The summed E-state index contributed by atoms with van der Waals surface area (Å²) in [5, 5.41) is 8.17. The highest BCUT2D eigenvalue weighted by molar-refractivity contribution is 5.51. The average Bonchev–Trinajstić information content (AvgIpc) is 2.78. The number of aryl methyl sites for hydroxylation is 2. The molecule has 3 heteroatoms. The van der Waals surface area contributed by atoms with Crippen molar-refractivity contribution in [2.24, 2.45) is 7.05 Å². The van der Waals surface area contributed by atoms with Crippen molar-refractivity contribution in [2.75, 3.05) is 5.32 Å². The van der Waals surface area contributed by atoms with Crippen molar-refractivity contribution in [2.45, 2.75) is 46.1 Å². The van der Waals surface area contributed by atoms with E-state index >= 15 is 0 Å². The Morgan fingerprint density at radius 3 is 2.50 bits per heavy atom. The second-order valence-corrected chi connectivity index (χ2v) is 6.29. The molecular formula is C17H25N3. The van der Waals surface area contributed by atoms with Gasteiger partial charge in [-0.3, -0.25) is 4.68 Å². The highest BCUT2D eigenvalue weighted by Gasteiger charge is 2.21. The first kappa shape index (κ1) is 14.6. The normalized spacial score (nSPS) is 11.7. The molecule has 1 heterocycles. The maximum atomic E-state index is 4.61. The molecule has 2 aromatic rings. The first-order chi connectivity index (χ1) is 9.41. The molecule has 0 spiro atoms. The minimum atomic E-state index is 0.0720. The third-order valence-corrected chi connectivity index (χ3v) is 3.48. The van der Waals surface area contributed by atoms with E-state index in [-0.39, 0.29) is 5.41 Å². The number of para-hydroxylation sites is 1. The Kier molecular flexibility index (Phi) is 4.17. The van der Waals surface area contributed by atoms with E-state index in [1.54, 1.807) is 0 Å². The van der Waals surface area contributed by atoms with E-state index in [0.29, 0.717) is 0 Å². The maximum Gasteiger partial charge on any atom is 0.0727 e. The van der Waals surface area contributed by atoms with Gasteiger partial charge in [0.1, 0.15) is 0 Å². The SMILES string of the molecule is CCc1ccccc1NCc1cn(C)nc1C(C)(C)C.